The van der Waals surface area contributed by atoms with E-state index < -0.39 is 5.97 Å². The van der Waals surface area contributed by atoms with E-state index in [0.29, 0.717) is 33.9 Å². The SMILES string of the molecule is CC1(C)[C@@H]2CC[C@@]1([C@@H]1[C@@H]3CC[C@@H](C3)[S+]1CC(=O)O)C(=O)C2. The zero-order valence-electron chi connectivity index (χ0n) is 12.9. The molecule has 0 amide bonds. The van der Waals surface area contributed by atoms with E-state index in [1.165, 1.54) is 25.7 Å². The number of carboxylic acid groups (broad SMARTS) is 1. The Morgan fingerprint density at radius 2 is 2.10 bits per heavy atom. The van der Waals surface area contributed by atoms with Gasteiger partial charge in [0.05, 0.1) is 5.41 Å². The lowest BCUT2D eigenvalue weighted by molar-refractivity contribution is -0.134. The second-order valence-corrected chi connectivity index (χ2v) is 10.6. The zero-order chi connectivity index (χ0) is 15.0. The number of carbonyl (C=O) groups excluding carboxylic acids is 1. The fourth-order valence-electron chi connectivity index (χ4n) is 6.37. The van der Waals surface area contributed by atoms with Crippen molar-refractivity contribution in [2.24, 2.45) is 22.7 Å². The summed E-state index contributed by atoms with van der Waals surface area (Å²) in [4.78, 5) is 24.3. The average Bonchev–Trinajstić information content (AvgIpc) is 3.08. The smallest absolute Gasteiger partial charge is 0.353 e. The first kappa shape index (κ1) is 14.1. The van der Waals surface area contributed by atoms with Crippen molar-refractivity contribution in [2.45, 2.75) is 62.9 Å². The van der Waals surface area contributed by atoms with E-state index in [-0.39, 0.29) is 21.7 Å². The lowest BCUT2D eigenvalue weighted by Gasteiger charge is -2.43. The average molecular weight is 309 g/mol. The Labute approximate surface area is 129 Å². The van der Waals surface area contributed by atoms with Crippen LogP contribution in [0.2, 0.25) is 0 Å². The van der Waals surface area contributed by atoms with Crippen LogP contribution in [0.15, 0.2) is 0 Å². The number of ketones is 1. The Kier molecular flexibility index (Phi) is 2.87. The summed E-state index contributed by atoms with van der Waals surface area (Å²) in [6.07, 6.45) is 6.58. The van der Waals surface area contributed by atoms with E-state index in [4.69, 9.17) is 0 Å². The number of Topliss-reactive ketones (excluding diaryl/α,β-unsaturated/α-hetero) is 1. The fourth-order valence-corrected chi connectivity index (χ4v) is 10.2. The van der Waals surface area contributed by atoms with E-state index in [1.807, 2.05) is 0 Å². The van der Waals surface area contributed by atoms with Crippen molar-refractivity contribution in [3.8, 4) is 0 Å². The van der Waals surface area contributed by atoms with Crippen LogP contribution in [0.3, 0.4) is 0 Å². The quantitative estimate of drug-likeness (QED) is 0.815. The molecule has 0 aromatic rings. The molecule has 3 nitrogen and oxygen atoms in total. The van der Waals surface area contributed by atoms with Crippen LogP contribution in [-0.2, 0) is 20.5 Å². The molecule has 1 saturated heterocycles. The summed E-state index contributed by atoms with van der Waals surface area (Å²) in [5.74, 6) is 1.29. The molecule has 4 bridgehead atoms. The first-order valence-electron chi connectivity index (χ1n) is 8.31. The molecule has 1 heterocycles. The first-order chi connectivity index (χ1) is 9.88. The monoisotopic (exact) mass is 309 g/mol. The molecule has 1 N–H and O–H groups in total. The molecule has 4 aliphatic rings. The maximum Gasteiger partial charge on any atom is 0.353 e. The van der Waals surface area contributed by atoms with Crippen LogP contribution in [0, 0.1) is 22.7 Å². The second kappa shape index (κ2) is 4.27. The lowest BCUT2D eigenvalue weighted by atomic mass is 9.64. The molecular weight excluding hydrogens is 284 g/mol. The molecule has 3 saturated carbocycles. The van der Waals surface area contributed by atoms with Gasteiger partial charge in [-0.2, -0.15) is 0 Å². The molecule has 0 aromatic heterocycles. The maximum atomic E-state index is 12.9. The van der Waals surface area contributed by atoms with Gasteiger partial charge in [0.25, 0.3) is 0 Å². The van der Waals surface area contributed by atoms with Crippen LogP contribution in [0.5, 0.6) is 0 Å². The van der Waals surface area contributed by atoms with Crippen molar-refractivity contribution in [3.05, 3.63) is 0 Å². The van der Waals surface area contributed by atoms with Gasteiger partial charge in [-0.15, -0.1) is 0 Å². The first-order valence-corrected chi connectivity index (χ1v) is 9.83. The van der Waals surface area contributed by atoms with Crippen LogP contribution in [0.4, 0.5) is 0 Å². The highest BCUT2D eigenvalue weighted by Gasteiger charge is 2.75. The Morgan fingerprint density at radius 1 is 1.33 bits per heavy atom. The number of hydrogen-bond donors (Lipinski definition) is 1. The Morgan fingerprint density at radius 3 is 2.67 bits per heavy atom. The second-order valence-electron chi connectivity index (χ2n) is 8.18. The van der Waals surface area contributed by atoms with Crippen molar-refractivity contribution in [1.29, 1.82) is 0 Å². The van der Waals surface area contributed by atoms with Crippen molar-refractivity contribution >= 4 is 22.6 Å². The van der Waals surface area contributed by atoms with E-state index >= 15 is 0 Å². The summed E-state index contributed by atoms with van der Waals surface area (Å²) >= 11 is 0. The summed E-state index contributed by atoms with van der Waals surface area (Å²) in [6.45, 7) is 4.59. The van der Waals surface area contributed by atoms with Crippen LogP contribution in [0.1, 0.15) is 52.4 Å². The normalized spacial score (nSPS) is 50.0. The third-order valence-electron chi connectivity index (χ3n) is 7.37. The van der Waals surface area contributed by atoms with Gasteiger partial charge >= 0.3 is 5.97 Å². The minimum absolute atomic E-state index is 0.0733. The molecular formula is C17H25O3S+. The Bertz CT molecular complexity index is 514. The minimum Gasteiger partial charge on any atom is -0.478 e. The summed E-state index contributed by atoms with van der Waals surface area (Å²) < 4.78 is 0. The Balaban J connectivity index is 1.77. The molecule has 116 valence electrons. The minimum atomic E-state index is -0.662. The standard InChI is InChI=1S/C17H24O3S/c1-16(2)11-5-6-17(16,13(18)8-11)15-10-3-4-12(7-10)21(15)9-14(19)20/h10-12,15H,3-9H2,1-2H3/p+1/t10-,11-,12+,15+,17+,21?/m1/s1. The molecule has 6 atom stereocenters. The van der Waals surface area contributed by atoms with E-state index in [1.54, 1.807) is 0 Å². The maximum absolute atomic E-state index is 12.9. The summed E-state index contributed by atoms with van der Waals surface area (Å²) in [5.41, 5.74) is -0.0982. The summed E-state index contributed by atoms with van der Waals surface area (Å²) in [5, 5.41) is 10.3. The van der Waals surface area contributed by atoms with Crippen molar-refractivity contribution in [3.63, 3.8) is 0 Å². The molecule has 0 aromatic carbocycles. The van der Waals surface area contributed by atoms with Crippen molar-refractivity contribution in [1.82, 2.24) is 0 Å². The molecule has 4 heteroatoms. The fraction of sp³-hybridized carbons (Fsp3) is 0.882. The van der Waals surface area contributed by atoms with E-state index in [0.717, 1.165) is 12.8 Å². The highest BCUT2D eigenvalue weighted by molar-refractivity contribution is 7.99. The summed E-state index contributed by atoms with van der Waals surface area (Å²) in [7, 11) is -0.0733. The third kappa shape index (κ3) is 1.58. The van der Waals surface area contributed by atoms with Gasteiger partial charge in [0.2, 0.25) is 5.75 Å². The number of hydrogen-bond acceptors (Lipinski definition) is 2. The van der Waals surface area contributed by atoms with E-state index in [2.05, 4.69) is 13.8 Å². The van der Waals surface area contributed by atoms with Crippen LogP contribution in [0.25, 0.3) is 0 Å². The molecule has 3 aliphatic carbocycles. The number of rotatable bonds is 3. The molecule has 21 heavy (non-hydrogen) atoms. The van der Waals surface area contributed by atoms with Gasteiger partial charge in [-0.3, -0.25) is 4.79 Å². The van der Waals surface area contributed by atoms with Gasteiger partial charge < -0.3 is 5.11 Å². The summed E-state index contributed by atoms with van der Waals surface area (Å²) in [6, 6.07) is 0. The predicted molar refractivity (Wildman–Crippen MR) is 83.3 cm³/mol. The zero-order valence-corrected chi connectivity index (χ0v) is 13.7. The molecule has 0 radical (unpaired) electrons. The number of fused-ring (bicyclic) bond motifs is 4. The molecule has 4 fully saturated rings. The molecule has 1 aliphatic heterocycles. The topological polar surface area (TPSA) is 54.4 Å². The van der Waals surface area contributed by atoms with Crippen LogP contribution >= 0.6 is 0 Å². The number of carbonyl (C=O) groups is 2. The van der Waals surface area contributed by atoms with Gasteiger partial charge in [0, 0.05) is 29.7 Å². The van der Waals surface area contributed by atoms with Crippen molar-refractivity contribution < 1.29 is 14.7 Å². The van der Waals surface area contributed by atoms with Crippen LogP contribution < -0.4 is 0 Å². The van der Waals surface area contributed by atoms with E-state index in [9.17, 15) is 14.7 Å². The van der Waals surface area contributed by atoms with Crippen LogP contribution in [-0.4, -0.2) is 33.1 Å². The molecule has 4 rings (SSSR count). The Hall–Kier alpha value is -0.510. The van der Waals surface area contributed by atoms with Gasteiger partial charge in [0.15, 0.2) is 0 Å². The van der Waals surface area contributed by atoms with Gasteiger partial charge in [-0.05, 0) is 37.0 Å². The number of carboxylic acids is 1. The molecule has 0 spiro atoms. The predicted octanol–water partition coefficient (Wildman–Crippen LogP) is 2.64. The molecule has 1 unspecified atom stereocenters. The third-order valence-corrected chi connectivity index (χ3v) is 10.7. The van der Waals surface area contributed by atoms with Gasteiger partial charge in [-0.25, -0.2) is 4.79 Å². The number of aliphatic carboxylic acids is 1. The van der Waals surface area contributed by atoms with Crippen molar-refractivity contribution in [2.75, 3.05) is 5.75 Å². The highest BCUT2D eigenvalue weighted by atomic mass is 32.2. The lowest BCUT2D eigenvalue weighted by Crippen LogP contribution is -2.54. The highest BCUT2D eigenvalue weighted by Crippen LogP contribution is 2.70. The van der Waals surface area contributed by atoms with Gasteiger partial charge in [-0.1, -0.05) is 13.8 Å². The largest absolute Gasteiger partial charge is 0.478 e. The van der Waals surface area contributed by atoms with Gasteiger partial charge in [0.1, 0.15) is 16.3 Å².